The first-order valence-electron chi connectivity index (χ1n) is 13.1. The molecule has 2 aromatic heterocycles. The molecule has 3 aromatic rings. The number of halogens is 1. The molecule has 0 saturated heterocycles. The highest BCUT2D eigenvalue weighted by atomic mass is 19.1. The molecular weight excluding hydrogens is 453 g/mol. The van der Waals surface area contributed by atoms with E-state index >= 15 is 0 Å². The number of hydrogen-bond donors (Lipinski definition) is 2. The van der Waals surface area contributed by atoms with Gasteiger partial charge < -0.3 is 10.2 Å². The highest BCUT2D eigenvalue weighted by Crippen LogP contribution is 2.38. The molecule has 0 radical (unpaired) electrons. The molecule has 0 spiro atoms. The summed E-state index contributed by atoms with van der Waals surface area (Å²) in [6.07, 6.45) is 6.69. The molecule has 0 aliphatic heterocycles. The van der Waals surface area contributed by atoms with Crippen LogP contribution >= 0.6 is 0 Å². The zero-order chi connectivity index (χ0) is 25.3. The summed E-state index contributed by atoms with van der Waals surface area (Å²) in [4.78, 5) is 18.8. The molecule has 0 atom stereocenters. The lowest BCUT2D eigenvalue weighted by molar-refractivity contribution is -0.123. The van der Waals surface area contributed by atoms with E-state index in [0.717, 1.165) is 74.1 Å². The summed E-state index contributed by atoms with van der Waals surface area (Å²) in [5, 5.41) is 11.1. The molecule has 5 rings (SSSR count). The summed E-state index contributed by atoms with van der Waals surface area (Å²) in [6.45, 7) is 5.27. The van der Waals surface area contributed by atoms with Crippen molar-refractivity contribution in [2.45, 2.75) is 58.8 Å². The number of nitrogens with one attached hydrogen (secondary N) is 2. The highest BCUT2D eigenvalue weighted by molar-refractivity contribution is 5.94. The van der Waals surface area contributed by atoms with Crippen LogP contribution in [0.25, 0.3) is 11.3 Å². The molecule has 1 saturated carbocycles. The van der Waals surface area contributed by atoms with Gasteiger partial charge in [0.15, 0.2) is 0 Å². The van der Waals surface area contributed by atoms with Gasteiger partial charge in [0.1, 0.15) is 5.82 Å². The number of para-hydroxylation sites is 1. The molecule has 0 bridgehead atoms. The summed E-state index contributed by atoms with van der Waals surface area (Å²) < 4.78 is 14.5. The monoisotopic (exact) mass is 489 g/mol. The van der Waals surface area contributed by atoms with E-state index in [1.165, 1.54) is 11.6 Å². The van der Waals surface area contributed by atoms with Crippen molar-refractivity contribution < 1.29 is 9.18 Å². The van der Waals surface area contributed by atoms with Gasteiger partial charge in [0.25, 0.3) is 0 Å². The Hall–Kier alpha value is -3.22. The summed E-state index contributed by atoms with van der Waals surface area (Å²) in [5.41, 5.74) is 5.16. The fourth-order valence-electron chi connectivity index (χ4n) is 5.73. The van der Waals surface area contributed by atoms with Crippen molar-refractivity contribution in [1.29, 1.82) is 0 Å². The molecule has 1 amide bonds. The Balaban J connectivity index is 1.18. The lowest BCUT2D eigenvalue weighted by Crippen LogP contribution is -2.35. The Morgan fingerprint density at radius 1 is 1.17 bits per heavy atom. The van der Waals surface area contributed by atoms with E-state index in [1.54, 1.807) is 4.90 Å². The van der Waals surface area contributed by atoms with Gasteiger partial charge in [-0.3, -0.25) is 9.89 Å². The van der Waals surface area contributed by atoms with Gasteiger partial charge in [-0.25, -0.2) is 4.98 Å². The third kappa shape index (κ3) is 5.30. The number of amides is 1. The molecular formula is C29H36FN5O. The van der Waals surface area contributed by atoms with Gasteiger partial charge >= 0.3 is 0 Å². The average molecular weight is 490 g/mol. The molecule has 36 heavy (non-hydrogen) atoms. The van der Waals surface area contributed by atoms with Gasteiger partial charge in [-0.15, -0.1) is 0 Å². The fraction of sp³-hybridized carbons (Fsp3) is 0.483. The Kier molecular flexibility index (Phi) is 6.82. The minimum absolute atomic E-state index is 0.0566. The molecule has 2 heterocycles. The van der Waals surface area contributed by atoms with Crippen LogP contribution in [0.1, 0.15) is 57.2 Å². The first kappa shape index (κ1) is 24.5. The van der Waals surface area contributed by atoms with Crippen LogP contribution < -0.4 is 10.2 Å². The average Bonchev–Trinajstić information content (AvgIpc) is 3.29. The van der Waals surface area contributed by atoms with E-state index in [0.29, 0.717) is 11.7 Å². The first-order chi connectivity index (χ1) is 17.3. The minimum atomic E-state index is -0.499. The number of nitrogens with zero attached hydrogens (tertiary/aromatic N) is 3. The molecule has 7 heteroatoms. The van der Waals surface area contributed by atoms with Crippen molar-refractivity contribution in [3.05, 3.63) is 59.7 Å². The van der Waals surface area contributed by atoms with Crippen LogP contribution in [0.15, 0.2) is 42.5 Å². The van der Waals surface area contributed by atoms with E-state index in [1.807, 2.05) is 43.4 Å². The van der Waals surface area contributed by atoms with Gasteiger partial charge in [-0.2, -0.15) is 9.49 Å². The quantitative estimate of drug-likeness (QED) is 0.416. The highest BCUT2D eigenvalue weighted by Gasteiger charge is 2.30. The number of rotatable bonds is 6. The van der Waals surface area contributed by atoms with Crippen molar-refractivity contribution in [2.24, 2.45) is 17.3 Å². The van der Waals surface area contributed by atoms with Crippen molar-refractivity contribution in [3.8, 4) is 11.3 Å². The lowest BCUT2D eigenvalue weighted by atomic mass is 9.76. The summed E-state index contributed by atoms with van der Waals surface area (Å²) in [6, 6.07) is 13.2. The number of H-pyrrole nitrogens is 1. The molecule has 0 unspecified atom stereocenters. The SMILES string of the molecule is CN(C(=O)C1CCC(CNc2cc(-c3n[nH]c4c3CCC(C)(C)C4)cc(F)n2)CC1)c1ccccc1. The number of fused-ring (bicyclic) bond motifs is 1. The number of aromatic amines is 1. The molecule has 1 fully saturated rings. The van der Waals surface area contributed by atoms with Gasteiger partial charge in [0.05, 0.1) is 5.69 Å². The standard InChI is InChI=1S/C29H36FN5O/c1-29(2)14-13-23-24(17-29)33-34-27(23)21-15-25(30)32-26(16-21)31-18-19-9-11-20(12-10-19)28(36)35(3)22-7-5-4-6-8-22/h4-8,15-16,19-20H,9-14,17-18H2,1-3H3,(H,31,32)(H,33,34). The second-order valence-corrected chi connectivity index (χ2v) is 11.3. The third-order valence-electron chi connectivity index (χ3n) is 7.97. The van der Waals surface area contributed by atoms with Crippen LogP contribution in [0.2, 0.25) is 0 Å². The number of anilines is 2. The van der Waals surface area contributed by atoms with Crippen molar-refractivity contribution in [1.82, 2.24) is 15.2 Å². The molecule has 1 aromatic carbocycles. The number of hydrogen-bond acceptors (Lipinski definition) is 4. The molecule has 2 aliphatic carbocycles. The van der Waals surface area contributed by atoms with Crippen molar-refractivity contribution in [2.75, 3.05) is 23.8 Å². The van der Waals surface area contributed by atoms with Crippen LogP contribution in [0.4, 0.5) is 15.9 Å². The molecule has 2 N–H and O–H groups in total. The second kappa shape index (κ2) is 10.0. The van der Waals surface area contributed by atoms with E-state index in [2.05, 4.69) is 34.3 Å². The lowest BCUT2D eigenvalue weighted by Gasteiger charge is -2.30. The van der Waals surface area contributed by atoms with Crippen LogP contribution in [-0.4, -0.2) is 34.7 Å². The summed E-state index contributed by atoms with van der Waals surface area (Å²) in [5.74, 6) is 0.724. The molecule has 190 valence electrons. The van der Waals surface area contributed by atoms with Crippen LogP contribution in [-0.2, 0) is 17.6 Å². The Morgan fingerprint density at radius 2 is 1.92 bits per heavy atom. The number of pyridine rings is 1. The number of benzene rings is 1. The molecule has 2 aliphatic rings. The first-order valence-corrected chi connectivity index (χ1v) is 13.1. The van der Waals surface area contributed by atoms with E-state index in [-0.39, 0.29) is 17.2 Å². The number of aromatic nitrogens is 3. The largest absolute Gasteiger partial charge is 0.370 e. The van der Waals surface area contributed by atoms with Crippen LogP contribution in [0, 0.1) is 23.2 Å². The van der Waals surface area contributed by atoms with Gasteiger partial charge in [-0.05, 0) is 74.5 Å². The maximum Gasteiger partial charge on any atom is 0.229 e. The third-order valence-corrected chi connectivity index (χ3v) is 7.97. The fourth-order valence-corrected chi connectivity index (χ4v) is 5.73. The Morgan fingerprint density at radius 3 is 2.67 bits per heavy atom. The van der Waals surface area contributed by atoms with Gasteiger partial charge in [-0.1, -0.05) is 32.0 Å². The van der Waals surface area contributed by atoms with Crippen molar-refractivity contribution in [3.63, 3.8) is 0 Å². The predicted octanol–water partition coefficient (Wildman–Crippen LogP) is 6.01. The van der Waals surface area contributed by atoms with Gasteiger partial charge in [0, 0.05) is 48.1 Å². The number of carbonyl (C=O) groups is 1. The normalized spacial score (nSPS) is 21.0. The summed E-state index contributed by atoms with van der Waals surface area (Å²) >= 11 is 0. The Labute approximate surface area is 212 Å². The summed E-state index contributed by atoms with van der Waals surface area (Å²) in [7, 11) is 1.86. The van der Waals surface area contributed by atoms with E-state index < -0.39 is 5.95 Å². The number of carbonyl (C=O) groups excluding carboxylic acids is 1. The predicted molar refractivity (Wildman–Crippen MR) is 141 cm³/mol. The zero-order valence-corrected chi connectivity index (χ0v) is 21.5. The zero-order valence-electron chi connectivity index (χ0n) is 21.5. The van der Waals surface area contributed by atoms with E-state index in [9.17, 15) is 9.18 Å². The maximum atomic E-state index is 14.5. The Bertz CT molecular complexity index is 1210. The van der Waals surface area contributed by atoms with E-state index in [4.69, 9.17) is 0 Å². The molecule has 6 nitrogen and oxygen atoms in total. The topological polar surface area (TPSA) is 73.9 Å². The van der Waals surface area contributed by atoms with Crippen LogP contribution in [0.5, 0.6) is 0 Å². The van der Waals surface area contributed by atoms with Crippen LogP contribution in [0.3, 0.4) is 0 Å². The second-order valence-electron chi connectivity index (χ2n) is 11.3. The maximum absolute atomic E-state index is 14.5. The smallest absolute Gasteiger partial charge is 0.229 e. The van der Waals surface area contributed by atoms with Gasteiger partial charge in [0.2, 0.25) is 11.9 Å². The minimum Gasteiger partial charge on any atom is -0.370 e. The van der Waals surface area contributed by atoms with Crippen molar-refractivity contribution >= 4 is 17.4 Å².